The fourth-order valence-electron chi connectivity index (χ4n) is 1.42. The van der Waals surface area contributed by atoms with Crippen LogP contribution < -0.4 is 0 Å². The summed E-state index contributed by atoms with van der Waals surface area (Å²) in [6, 6.07) is 3.57. The zero-order chi connectivity index (χ0) is 10.8. The number of H-pyrrole nitrogens is 1. The number of hydrogen-bond acceptors (Lipinski definition) is 1. The molecule has 15 heavy (non-hydrogen) atoms. The zero-order valence-electron chi connectivity index (χ0n) is 8.22. The molecule has 0 spiro atoms. The molecule has 0 bridgehead atoms. The van der Waals surface area contributed by atoms with Gasteiger partial charge in [-0.15, -0.1) is 0 Å². The first-order chi connectivity index (χ1) is 7.15. The second-order valence-corrected chi connectivity index (χ2v) is 3.39. The quantitative estimate of drug-likeness (QED) is 0.807. The highest BCUT2D eigenvalue weighted by Crippen LogP contribution is 2.13. The van der Waals surface area contributed by atoms with Crippen LogP contribution >= 0.6 is 0 Å². The summed E-state index contributed by atoms with van der Waals surface area (Å²) in [4.78, 5) is 7.07. The molecule has 0 fully saturated rings. The summed E-state index contributed by atoms with van der Waals surface area (Å²) >= 11 is 0. The van der Waals surface area contributed by atoms with Crippen LogP contribution in [-0.2, 0) is 6.42 Å². The molecule has 78 valence electrons. The molecular formula is C11H10F2N2. The van der Waals surface area contributed by atoms with Crippen molar-refractivity contribution in [2.75, 3.05) is 0 Å². The molecule has 1 heterocycles. The third-order valence-electron chi connectivity index (χ3n) is 2.15. The van der Waals surface area contributed by atoms with E-state index in [-0.39, 0.29) is 0 Å². The number of nitrogens with one attached hydrogen (secondary N) is 1. The molecule has 0 saturated heterocycles. The lowest BCUT2D eigenvalue weighted by Crippen LogP contribution is -1.93. The Labute approximate surface area is 86.0 Å². The van der Waals surface area contributed by atoms with Crippen molar-refractivity contribution in [3.8, 4) is 0 Å². The fourth-order valence-corrected chi connectivity index (χ4v) is 1.42. The Morgan fingerprint density at radius 3 is 2.73 bits per heavy atom. The molecule has 2 rings (SSSR count). The van der Waals surface area contributed by atoms with Gasteiger partial charge >= 0.3 is 0 Å². The van der Waals surface area contributed by atoms with Gasteiger partial charge in [0.25, 0.3) is 0 Å². The average molecular weight is 208 g/mol. The van der Waals surface area contributed by atoms with E-state index in [1.165, 1.54) is 12.1 Å². The van der Waals surface area contributed by atoms with Crippen molar-refractivity contribution in [1.82, 2.24) is 9.97 Å². The van der Waals surface area contributed by atoms with Gasteiger partial charge in [-0.2, -0.15) is 0 Å². The van der Waals surface area contributed by atoms with Crippen LogP contribution in [0.2, 0.25) is 0 Å². The molecule has 4 heteroatoms. The van der Waals surface area contributed by atoms with Gasteiger partial charge in [0.15, 0.2) is 0 Å². The lowest BCUT2D eigenvalue weighted by atomic mass is 10.1. The molecule has 0 amide bonds. The molecule has 0 aliphatic carbocycles. The number of imidazole rings is 1. The molecule has 2 nitrogen and oxygen atoms in total. The van der Waals surface area contributed by atoms with E-state index in [2.05, 4.69) is 9.97 Å². The van der Waals surface area contributed by atoms with E-state index in [1.807, 2.05) is 6.92 Å². The number of nitrogens with zero attached hydrogens (tertiary/aromatic N) is 1. The first kappa shape index (κ1) is 9.83. The standard InChI is InChI=1S/C11H10F2N2/c1-7-14-6-10(15-7)4-8-2-3-9(12)5-11(8)13/h2-3,5-6H,4H2,1H3,(H,14,15). The minimum atomic E-state index is -0.561. The first-order valence-corrected chi connectivity index (χ1v) is 4.60. The number of aryl methyl sites for hydroxylation is 1. The van der Waals surface area contributed by atoms with Gasteiger partial charge in [0.1, 0.15) is 17.5 Å². The van der Waals surface area contributed by atoms with E-state index in [4.69, 9.17) is 0 Å². The van der Waals surface area contributed by atoms with Crippen LogP contribution in [0.25, 0.3) is 0 Å². The Balaban J connectivity index is 2.24. The average Bonchev–Trinajstić information content (AvgIpc) is 2.56. The monoisotopic (exact) mass is 208 g/mol. The molecule has 0 radical (unpaired) electrons. The molecular weight excluding hydrogens is 198 g/mol. The van der Waals surface area contributed by atoms with Crippen LogP contribution in [0, 0.1) is 18.6 Å². The Bertz CT molecular complexity index is 477. The SMILES string of the molecule is Cc1nc(Cc2ccc(F)cc2F)c[nH]1. The third-order valence-corrected chi connectivity index (χ3v) is 2.15. The van der Waals surface area contributed by atoms with E-state index in [0.29, 0.717) is 12.0 Å². The lowest BCUT2D eigenvalue weighted by Gasteiger charge is -2.00. The first-order valence-electron chi connectivity index (χ1n) is 4.60. The number of aromatic nitrogens is 2. The van der Waals surface area contributed by atoms with Crippen molar-refractivity contribution in [2.24, 2.45) is 0 Å². The number of hydrogen-bond donors (Lipinski definition) is 1. The summed E-state index contributed by atoms with van der Waals surface area (Å²) in [5, 5.41) is 0. The largest absolute Gasteiger partial charge is 0.349 e. The summed E-state index contributed by atoms with van der Waals surface area (Å²) in [7, 11) is 0. The van der Waals surface area contributed by atoms with E-state index >= 15 is 0 Å². The van der Waals surface area contributed by atoms with Crippen molar-refractivity contribution in [2.45, 2.75) is 13.3 Å². The molecule has 2 aromatic rings. The predicted octanol–water partition coefficient (Wildman–Crippen LogP) is 2.59. The van der Waals surface area contributed by atoms with Gasteiger partial charge in [0.2, 0.25) is 0 Å². The highest BCUT2D eigenvalue weighted by molar-refractivity contribution is 5.23. The Kier molecular flexibility index (Phi) is 2.49. The van der Waals surface area contributed by atoms with Gasteiger partial charge in [-0.1, -0.05) is 6.07 Å². The minimum Gasteiger partial charge on any atom is -0.349 e. The van der Waals surface area contributed by atoms with Crippen molar-refractivity contribution >= 4 is 0 Å². The number of rotatable bonds is 2. The van der Waals surface area contributed by atoms with Crippen molar-refractivity contribution in [1.29, 1.82) is 0 Å². The smallest absolute Gasteiger partial charge is 0.129 e. The van der Waals surface area contributed by atoms with Crippen LogP contribution in [0.3, 0.4) is 0 Å². The van der Waals surface area contributed by atoms with Crippen LogP contribution in [-0.4, -0.2) is 9.97 Å². The van der Waals surface area contributed by atoms with E-state index < -0.39 is 11.6 Å². The van der Waals surface area contributed by atoms with Crippen LogP contribution in [0.5, 0.6) is 0 Å². The van der Waals surface area contributed by atoms with E-state index in [1.54, 1.807) is 6.20 Å². The lowest BCUT2D eigenvalue weighted by molar-refractivity contribution is 0.574. The van der Waals surface area contributed by atoms with Crippen LogP contribution in [0.1, 0.15) is 17.1 Å². The molecule has 0 aliphatic rings. The Morgan fingerprint density at radius 1 is 1.33 bits per heavy atom. The second kappa shape index (κ2) is 3.81. The highest BCUT2D eigenvalue weighted by Gasteiger charge is 2.06. The van der Waals surface area contributed by atoms with Gasteiger partial charge in [-0.25, -0.2) is 13.8 Å². The van der Waals surface area contributed by atoms with Gasteiger partial charge in [0.05, 0.1) is 5.69 Å². The molecule has 0 aliphatic heterocycles. The summed E-state index contributed by atoms with van der Waals surface area (Å²) in [5.41, 5.74) is 1.20. The molecule has 1 aromatic carbocycles. The van der Waals surface area contributed by atoms with Crippen molar-refractivity contribution in [3.05, 3.63) is 53.1 Å². The summed E-state index contributed by atoms with van der Waals surface area (Å²) in [5.74, 6) is -0.308. The van der Waals surface area contributed by atoms with E-state index in [9.17, 15) is 8.78 Å². The van der Waals surface area contributed by atoms with Gasteiger partial charge < -0.3 is 4.98 Å². The van der Waals surface area contributed by atoms with E-state index in [0.717, 1.165) is 17.6 Å². The summed E-state index contributed by atoms with van der Waals surface area (Å²) < 4.78 is 25.9. The maximum atomic E-state index is 13.3. The number of aromatic amines is 1. The Morgan fingerprint density at radius 2 is 2.13 bits per heavy atom. The second-order valence-electron chi connectivity index (χ2n) is 3.39. The number of benzene rings is 1. The molecule has 0 atom stereocenters. The van der Waals surface area contributed by atoms with Gasteiger partial charge in [0, 0.05) is 18.7 Å². The van der Waals surface area contributed by atoms with Crippen molar-refractivity contribution in [3.63, 3.8) is 0 Å². The Hall–Kier alpha value is -1.71. The summed E-state index contributed by atoms with van der Waals surface area (Å²) in [6.07, 6.45) is 2.09. The predicted molar refractivity (Wildman–Crippen MR) is 52.5 cm³/mol. The molecule has 1 aromatic heterocycles. The molecule has 1 N–H and O–H groups in total. The van der Waals surface area contributed by atoms with Gasteiger partial charge in [-0.05, 0) is 18.6 Å². The van der Waals surface area contributed by atoms with Crippen molar-refractivity contribution < 1.29 is 8.78 Å². The maximum absolute atomic E-state index is 13.3. The maximum Gasteiger partial charge on any atom is 0.129 e. The normalized spacial score (nSPS) is 10.6. The topological polar surface area (TPSA) is 28.7 Å². The number of halogens is 2. The fraction of sp³-hybridized carbons (Fsp3) is 0.182. The molecule has 0 unspecified atom stereocenters. The molecule has 0 saturated carbocycles. The van der Waals surface area contributed by atoms with Gasteiger partial charge in [-0.3, -0.25) is 0 Å². The van der Waals surface area contributed by atoms with Crippen LogP contribution in [0.15, 0.2) is 24.4 Å². The zero-order valence-corrected chi connectivity index (χ0v) is 8.22. The minimum absolute atomic E-state index is 0.371. The third kappa shape index (κ3) is 2.21. The van der Waals surface area contributed by atoms with Crippen LogP contribution in [0.4, 0.5) is 8.78 Å². The summed E-state index contributed by atoms with van der Waals surface area (Å²) in [6.45, 7) is 1.82. The highest BCUT2D eigenvalue weighted by atomic mass is 19.1.